The molecule has 1 fully saturated rings. The van der Waals surface area contributed by atoms with Gasteiger partial charge in [0.1, 0.15) is 17.6 Å². The summed E-state index contributed by atoms with van der Waals surface area (Å²) in [4.78, 5) is 39.8. The Labute approximate surface area is 248 Å². The van der Waals surface area contributed by atoms with Gasteiger partial charge in [0, 0.05) is 18.7 Å². The molecular weight excluding hydrogens is 546 g/mol. The van der Waals surface area contributed by atoms with Crippen LogP contribution in [0, 0.1) is 0 Å². The lowest BCUT2D eigenvalue weighted by molar-refractivity contribution is -0.122. The van der Waals surface area contributed by atoms with Crippen LogP contribution in [-0.4, -0.2) is 40.1 Å². The van der Waals surface area contributed by atoms with Crippen molar-refractivity contribution in [3.05, 3.63) is 106 Å². The number of carbonyl (C=O) groups excluding carboxylic acids is 1. The highest BCUT2D eigenvalue weighted by atomic mass is 32.1. The average molecular weight is 580 g/mol. The van der Waals surface area contributed by atoms with E-state index >= 15 is 0 Å². The van der Waals surface area contributed by atoms with E-state index in [2.05, 4.69) is 18.3 Å². The van der Waals surface area contributed by atoms with Gasteiger partial charge >= 0.3 is 0 Å². The van der Waals surface area contributed by atoms with E-state index in [1.54, 1.807) is 11.7 Å². The van der Waals surface area contributed by atoms with Gasteiger partial charge in [0.2, 0.25) is 5.91 Å². The van der Waals surface area contributed by atoms with Crippen molar-refractivity contribution in [3.8, 4) is 17.1 Å². The number of amides is 1. The second-order valence-electron chi connectivity index (χ2n) is 10.4. The summed E-state index contributed by atoms with van der Waals surface area (Å²) in [5, 5.41) is 3.74. The minimum atomic E-state index is -0.337. The lowest BCUT2D eigenvalue weighted by Crippen LogP contribution is -2.43. The summed E-state index contributed by atoms with van der Waals surface area (Å²) in [6.45, 7) is 3.63. The average Bonchev–Trinajstić information content (AvgIpc) is 3.70. The zero-order chi connectivity index (χ0) is 29.1. The fourth-order valence-electron chi connectivity index (χ4n) is 5.50. The Kier molecular flexibility index (Phi) is 8.01. The number of aromatic nitrogens is 3. The van der Waals surface area contributed by atoms with Crippen molar-refractivity contribution in [3.63, 3.8) is 0 Å². The highest BCUT2D eigenvalue weighted by molar-refractivity contribution is 7.21. The number of carbonyl (C=O) groups is 1. The number of rotatable bonds is 9. The van der Waals surface area contributed by atoms with Crippen LogP contribution < -0.4 is 20.5 Å². The molecule has 1 amide bonds. The summed E-state index contributed by atoms with van der Waals surface area (Å²) in [5.74, 6) is 1.35. The predicted molar refractivity (Wildman–Crippen MR) is 167 cm³/mol. The number of nitrogens with one attached hydrogen (secondary N) is 1. The van der Waals surface area contributed by atoms with Crippen molar-refractivity contribution in [1.29, 1.82) is 0 Å². The number of hydrogen-bond acceptors (Lipinski definition) is 7. The Hall–Kier alpha value is -4.50. The lowest BCUT2D eigenvalue weighted by Gasteiger charge is -2.23. The van der Waals surface area contributed by atoms with Gasteiger partial charge in [0.15, 0.2) is 15.5 Å². The molecule has 3 heterocycles. The fourth-order valence-corrected chi connectivity index (χ4v) is 6.51. The highest BCUT2D eigenvalue weighted by Gasteiger charge is 2.33. The zero-order valence-corrected chi connectivity index (χ0v) is 24.6. The number of benzene rings is 3. The molecule has 1 unspecified atom stereocenters. The van der Waals surface area contributed by atoms with Crippen molar-refractivity contribution in [2.75, 3.05) is 18.6 Å². The van der Waals surface area contributed by atoms with Crippen LogP contribution in [0.1, 0.15) is 36.5 Å². The highest BCUT2D eigenvalue weighted by Crippen LogP contribution is 2.33. The van der Waals surface area contributed by atoms with Crippen LogP contribution in [-0.2, 0) is 24.3 Å². The van der Waals surface area contributed by atoms with Crippen molar-refractivity contribution in [2.45, 2.75) is 45.3 Å². The Balaban J connectivity index is 1.37. The molecule has 5 aromatic rings. The molecule has 0 bridgehead atoms. The molecule has 6 rings (SSSR count). The molecule has 214 valence electrons. The smallest absolute Gasteiger partial charge is 0.281 e. The van der Waals surface area contributed by atoms with Crippen LogP contribution >= 0.6 is 11.3 Å². The number of fused-ring (bicyclic) bond motifs is 1. The number of ether oxygens (including phenoxy) is 1. The summed E-state index contributed by atoms with van der Waals surface area (Å²) in [6, 6.07) is 25.3. The van der Waals surface area contributed by atoms with Crippen LogP contribution in [0.4, 0.5) is 5.13 Å². The lowest BCUT2D eigenvalue weighted by atomic mass is 10.0. The standard InChI is InChI=1S/C33H33N5O3S/c1-3-24-12-7-8-13-26(24)29-36-31-28(32(40)38(29)21-23-15-17-25(41-2)18-16-23)35-33(42-31)37-19-9-14-27(37)30(39)34-20-22-10-5-4-6-11-22/h4-8,10-13,15-18,27H,3,9,14,19-21H2,1-2H3,(H,34,39). The third-order valence-electron chi connectivity index (χ3n) is 7.76. The number of aryl methyl sites for hydroxylation is 1. The van der Waals surface area contributed by atoms with Crippen molar-refractivity contribution >= 4 is 32.7 Å². The van der Waals surface area contributed by atoms with Crippen LogP contribution in [0.15, 0.2) is 83.7 Å². The van der Waals surface area contributed by atoms with Gasteiger partial charge in [0.25, 0.3) is 5.56 Å². The van der Waals surface area contributed by atoms with Crippen LogP contribution in [0.2, 0.25) is 0 Å². The monoisotopic (exact) mass is 579 g/mol. The van der Waals surface area contributed by atoms with Gasteiger partial charge in [-0.25, -0.2) is 9.97 Å². The summed E-state index contributed by atoms with van der Waals surface area (Å²) in [7, 11) is 1.63. The quantitative estimate of drug-likeness (QED) is 0.251. The summed E-state index contributed by atoms with van der Waals surface area (Å²) in [5.41, 5.74) is 4.20. The number of nitrogens with zero attached hydrogens (tertiary/aromatic N) is 4. The van der Waals surface area contributed by atoms with E-state index in [4.69, 9.17) is 14.7 Å². The molecule has 8 nitrogen and oxygen atoms in total. The van der Waals surface area contributed by atoms with E-state index in [-0.39, 0.29) is 17.5 Å². The Morgan fingerprint density at radius 2 is 1.76 bits per heavy atom. The van der Waals surface area contributed by atoms with Crippen LogP contribution in [0.3, 0.4) is 0 Å². The summed E-state index contributed by atoms with van der Waals surface area (Å²) >= 11 is 1.38. The van der Waals surface area contributed by atoms with Crippen LogP contribution in [0.25, 0.3) is 21.7 Å². The molecule has 0 radical (unpaired) electrons. The molecule has 2 aromatic heterocycles. The van der Waals surface area contributed by atoms with Gasteiger partial charge in [0.05, 0.1) is 13.7 Å². The van der Waals surface area contributed by atoms with Gasteiger partial charge in [-0.15, -0.1) is 0 Å². The van der Waals surface area contributed by atoms with E-state index in [0.29, 0.717) is 40.9 Å². The molecule has 42 heavy (non-hydrogen) atoms. The maximum atomic E-state index is 14.1. The molecule has 1 aliphatic rings. The molecule has 0 saturated carbocycles. The van der Waals surface area contributed by atoms with Gasteiger partial charge < -0.3 is 15.0 Å². The molecule has 3 aromatic carbocycles. The SMILES string of the molecule is CCc1ccccc1-c1nc2sc(N3CCCC3C(=O)NCc3ccccc3)nc2c(=O)n1Cc1ccc(OC)cc1. The number of hydrogen-bond donors (Lipinski definition) is 1. The Morgan fingerprint density at radius 1 is 1.00 bits per heavy atom. The van der Waals surface area contributed by atoms with Crippen LogP contribution in [0.5, 0.6) is 5.75 Å². The normalized spacial score (nSPS) is 14.8. The third kappa shape index (κ3) is 5.52. The molecule has 1 N–H and O–H groups in total. The van der Waals surface area contributed by atoms with Gasteiger partial charge in [-0.3, -0.25) is 14.2 Å². The maximum absolute atomic E-state index is 14.1. The largest absolute Gasteiger partial charge is 0.497 e. The molecule has 1 saturated heterocycles. The molecule has 1 aliphatic heterocycles. The van der Waals surface area contributed by atoms with Crippen molar-refractivity contribution in [2.24, 2.45) is 0 Å². The molecule has 0 spiro atoms. The number of thiazole rings is 1. The van der Waals surface area contributed by atoms with Gasteiger partial charge in [-0.2, -0.15) is 0 Å². The number of methoxy groups -OCH3 is 1. The van der Waals surface area contributed by atoms with E-state index < -0.39 is 0 Å². The van der Waals surface area contributed by atoms with E-state index in [1.165, 1.54) is 11.3 Å². The second kappa shape index (κ2) is 12.2. The van der Waals surface area contributed by atoms with Gasteiger partial charge in [-0.05, 0) is 48.1 Å². The summed E-state index contributed by atoms with van der Waals surface area (Å²) < 4.78 is 7.03. The van der Waals surface area contributed by atoms with E-state index in [1.807, 2.05) is 77.7 Å². The van der Waals surface area contributed by atoms with Crippen molar-refractivity contribution in [1.82, 2.24) is 19.9 Å². The molecule has 1 atom stereocenters. The van der Waals surface area contributed by atoms with E-state index in [0.717, 1.165) is 47.3 Å². The first-order chi connectivity index (χ1) is 20.6. The maximum Gasteiger partial charge on any atom is 0.281 e. The molecular formula is C33H33N5O3S. The first-order valence-corrected chi connectivity index (χ1v) is 15.1. The van der Waals surface area contributed by atoms with Gasteiger partial charge in [-0.1, -0.05) is 85.0 Å². The van der Waals surface area contributed by atoms with E-state index in [9.17, 15) is 9.59 Å². The molecule has 9 heteroatoms. The predicted octanol–water partition coefficient (Wildman–Crippen LogP) is 5.42. The first-order valence-electron chi connectivity index (χ1n) is 14.3. The third-order valence-corrected chi connectivity index (χ3v) is 8.74. The van der Waals surface area contributed by atoms with Crippen molar-refractivity contribution < 1.29 is 9.53 Å². The Morgan fingerprint density at radius 3 is 2.52 bits per heavy atom. The summed E-state index contributed by atoms with van der Waals surface area (Å²) in [6.07, 6.45) is 2.43. The fraction of sp³-hybridized carbons (Fsp3) is 0.273. The first kappa shape index (κ1) is 27.7. The topological polar surface area (TPSA) is 89.4 Å². The number of anilines is 1. The minimum Gasteiger partial charge on any atom is -0.497 e. The zero-order valence-electron chi connectivity index (χ0n) is 23.7. The molecule has 0 aliphatic carbocycles. The Bertz CT molecular complexity index is 1760. The minimum absolute atomic E-state index is 0.0296. The second-order valence-corrected chi connectivity index (χ2v) is 11.3.